The normalized spacial score (nSPS) is 10.5. The molecule has 0 saturated heterocycles. The van der Waals surface area contributed by atoms with Gasteiger partial charge in [0.25, 0.3) is 5.91 Å². The predicted molar refractivity (Wildman–Crippen MR) is 89.0 cm³/mol. The lowest BCUT2D eigenvalue weighted by Crippen LogP contribution is -2.30. The number of carbonyl (C=O) groups excluding carboxylic acids is 1. The Balaban J connectivity index is 1.90. The quantitative estimate of drug-likeness (QED) is 0.804. The zero-order valence-electron chi connectivity index (χ0n) is 12.8. The molecule has 1 aromatic heterocycles. The summed E-state index contributed by atoms with van der Waals surface area (Å²) in [6, 6.07) is 19.5. The highest BCUT2D eigenvalue weighted by molar-refractivity contribution is 5.92. The summed E-state index contributed by atoms with van der Waals surface area (Å²) in [4.78, 5) is 20.8. The summed E-state index contributed by atoms with van der Waals surface area (Å²) in [6.07, 6.45) is 3.09. The molecule has 0 spiro atoms. The first-order chi connectivity index (χ1) is 11.2. The van der Waals surface area contributed by atoms with E-state index in [9.17, 15) is 4.79 Å². The molecule has 4 heteroatoms. The number of aryl methyl sites for hydroxylation is 1. The van der Waals surface area contributed by atoms with Gasteiger partial charge in [-0.25, -0.2) is 4.98 Å². The monoisotopic (exact) mass is 303 g/mol. The number of nitrogens with zero attached hydrogens (tertiary/aromatic N) is 2. The Morgan fingerprint density at radius 1 is 0.870 bits per heavy atom. The Morgan fingerprint density at radius 3 is 1.91 bits per heavy atom. The molecular weight excluding hydrogens is 286 g/mol. The number of nitrogens with one attached hydrogen (secondary N) is 1. The Morgan fingerprint density at radius 2 is 1.43 bits per heavy atom. The molecular formula is C19H17N3O. The summed E-state index contributed by atoms with van der Waals surface area (Å²) >= 11 is 0. The van der Waals surface area contributed by atoms with Gasteiger partial charge in [0.2, 0.25) is 0 Å². The molecule has 2 aromatic carbocycles. The van der Waals surface area contributed by atoms with E-state index >= 15 is 0 Å². The van der Waals surface area contributed by atoms with Crippen molar-refractivity contribution >= 4 is 5.91 Å². The second-order valence-electron chi connectivity index (χ2n) is 5.27. The van der Waals surface area contributed by atoms with Gasteiger partial charge < -0.3 is 5.32 Å². The summed E-state index contributed by atoms with van der Waals surface area (Å²) in [5.41, 5.74) is 3.14. The number of hydrogen-bond acceptors (Lipinski definition) is 3. The highest BCUT2D eigenvalue weighted by Crippen LogP contribution is 2.22. The van der Waals surface area contributed by atoms with Gasteiger partial charge in [-0.15, -0.1) is 0 Å². The first-order valence-corrected chi connectivity index (χ1v) is 7.43. The molecule has 1 heterocycles. The van der Waals surface area contributed by atoms with Crippen LogP contribution in [0.1, 0.15) is 33.4 Å². The highest BCUT2D eigenvalue weighted by atomic mass is 16.1. The van der Waals surface area contributed by atoms with Crippen LogP contribution in [-0.4, -0.2) is 15.9 Å². The zero-order valence-corrected chi connectivity index (χ0v) is 12.8. The number of benzene rings is 2. The summed E-state index contributed by atoms with van der Waals surface area (Å²) in [7, 11) is 0. The van der Waals surface area contributed by atoms with Crippen molar-refractivity contribution in [1.82, 2.24) is 15.3 Å². The molecule has 23 heavy (non-hydrogen) atoms. The van der Waals surface area contributed by atoms with Gasteiger partial charge in [0.15, 0.2) is 0 Å². The molecule has 0 saturated carbocycles. The second kappa shape index (κ2) is 6.83. The van der Waals surface area contributed by atoms with Crippen molar-refractivity contribution in [1.29, 1.82) is 0 Å². The molecule has 0 unspecified atom stereocenters. The average Bonchev–Trinajstić information content (AvgIpc) is 2.61. The van der Waals surface area contributed by atoms with Crippen molar-refractivity contribution in [3.05, 3.63) is 95.6 Å². The van der Waals surface area contributed by atoms with Crippen LogP contribution in [0, 0.1) is 6.92 Å². The summed E-state index contributed by atoms with van der Waals surface area (Å²) < 4.78 is 0. The van der Waals surface area contributed by atoms with Crippen LogP contribution < -0.4 is 5.32 Å². The highest BCUT2D eigenvalue weighted by Gasteiger charge is 2.18. The number of amides is 1. The number of carbonyl (C=O) groups is 1. The van der Waals surface area contributed by atoms with Crippen LogP contribution in [0.3, 0.4) is 0 Å². The minimum absolute atomic E-state index is 0.229. The maximum Gasteiger partial charge on any atom is 0.272 e. The van der Waals surface area contributed by atoms with Crippen molar-refractivity contribution in [3.63, 3.8) is 0 Å². The van der Waals surface area contributed by atoms with Crippen molar-refractivity contribution in [2.24, 2.45) is 0 Å². The van der Waals surface area contributed by atoms with Crippen molar-refractivity contribution in [2.45, 2.75) is 13.0 Å². The molecule has 0 aliphatic heterocycles. The fraction of sp³-hybridized carbons (Fsp3) is 0.105. The Hall–Kier alpha value is -3.01. The molecule has 114 valence electrons. The van der Waals surface area contributed by atoms with E-state index in [1.165, 1.54) is 6.20 Å². The zero-order chi connectivity index (χ0) is 16.1. The third-order valence-electron chi connectivity index (χ3n) is 3.55. The van der Waals surface area contributed by atoms with Crippen molar-refractivity contribution in [2.75, 3.05) is 0 Å². The molecule has 4 nitrogen and oxygen atoms in total. The van der Waals surface area contributed by atoms with E-state index < -0.39 is 0 Å². The lowest BCUT2D eigenvalue weighted by Gasteiger charge is -2.19. The largest absolute Gasteiger partial charge is 0.340 e. The third-order valence-corrected chi connectivity index (χ3v) is 3.55. The molecule has 0 bridgehead atoms. The summed E-state index contributed by atoms with van der Waals surface area (Å²) in [6.45, 7) is 1.84. The first-order valence-electron chi connectivity index (χ1n) is 7.43. The summed E-state index contributed by atoms with van der Waals surface area (Å²) in [5.74, 6) is -0.241. The Labute approximate surface area is 135 Å². The molecule has 0 aliphatic rings. The van der Waals surface area contributed by atoms with E-state index in [-0.39, 0.29) is 11.9 Å². The molecule has 0 aliphatic carbocycles. The minimum atomic E-state index is -0.241. The van der Waals surface area contributed by atoms with E-state index in [1.54, 1.807) is 6.20 Å². The van der Waals surface area contributed by atoms with Crippen LogP contribution in [-0.2, 0) is 0 Å². The van der Waals surface area contributed by atoms with Gasteiger partial charge in [0.05, 0.1) is 17.9 Å². The van der Waals surface area contributed by atoms with Crippen LogP contribution in [0.4, 0.5) is 0 Å². The van der Waals surface area contributed by atoms with E-state index in [0.717, 1.165) is 16.8 Å². The van der Waals surface area contributed by atoms with Gasteiger partial charge in [0, 0.05) is 6.20 Å². The number of aromatic nitrogens is 2. The van der Waals surface area contributed by atoms with Gasteiger partial charge in [-0.05, 0) is 18.1 Å². The van der Waals surface area contributed by atoms with Gasteiger partial charge >= 0.3 is 0 Å². The topological polar surface area (TPSA) is 54.9 Å². The van der Waals surface area contributed by atoms with Crippen molar-refractivity contribution < 1.29 is 4.79 Å². The lowest BCUT2D eigenvalue weighted by molar-refractivity contribution is 0.0937. The molecule has 3 aromatic rings. The third kappa shape index (κ3) is 3.61. The molecule has 3 rings (SSSR count). The van der Waals surface area contributed by atoms with Crippen LogP contribution in [0.15, 0.2) is 73.1 Å². The van der Waals surface area contributed by atoms with Crippen LogP contribution in [0.25, 0.3) is 0 Å². The number of hydrogen-bond donors (Lipinski definition) is 1. The Bertz CT molecular complexity index is 731. The van der Waals surface area contributed by atoms with Crippen molar-refractivity contribution in [3.8, 4) is 0 Å². The maximum atomic E-state index is 12.5. The predicted octanol–water partition coefficient (Wildman–Crippen LogP) is 3.30. The Kier molecular flexibility index (Phi) is 4.43. The van der Waals surface area contributed by atoms with Crippen LogP contribution in [0.2, 0.25) is 0 Å². The standard InChI is InChI=1S/C19H17N3O/c1-14-12-21-17(13-20-14)19(23)22-18(15-8-4-2-5-9-15)16-10-6-3-7-11-16/h2-13,18H,1H3,(H,22,23). The first kappa shape index (κ1) is 14.9. The van der Waals surface area contributed by atoms with Gasteiger partial charge in [-0.2, -0.15) is 0 Å². The lowest BCUT2D eigenvalue weighted by atomic mass is 9.98. The molecule has 1 N–H and O–H groups in total. The van der Waals surface area contributed by atoms with Gasteiger partial charge in [-0.1, -0.05) is 60.7 Å². The SMILES string of the molecule is Cc1cnc(C(=O)NC(c2ccccc2)c2ccccc2)cn1. The molecule has 0 radical (unpaired) electrons. The van der Waals surface area contributed by atoms with Gasteiger partial charge in [0.1, 0.15) is 5.69 Å². The van der Waals surface area contributed by atoms with Crippen LogP contribution >= 0.6 is 0 Å². The van der Waals surface area contributed by atoms with Gasteiger partial charge in [-0.3, -0.25) is 9.78 Å². The minimum Gasteiger partial charge on any atom is -0.340 e. The van der Waals surface area contributed by atoms with E-state index in [0.29, 0.717) is 5.69 Å². The van der Waals surface area contributed by atoms with E-state index in [1.807, 2.05) is 67.6 Å². The molecule has 0 fully saturated rings. The average molecular weight is 303 g/mol. The number of rotatable bonds is 4. The second-order valence-corrected chi connectivity index (χ2v) is 5.27. The van der Waals surface area contributed by atoms with E-state index in [2.05, 4.69) is 15.3 Å². The fourth-order valence-corrected chi connectivity index (χ4v) is 2.36. The van der Waals surface area contributed by atoms with Crippen LogP contribution in [0.5, 0.6) is 0 Å². The smallest absolute Gasteiger partial charge is 0.272 e. The summed E-state index contributed by atoms with van der Waals surface area (Å²) in [5, 5.41) is 3.04. The molecule has 1 amide bonds. The fourth-order valence-electron chi connectivity index (χ4n) is 2.36. The van der Waals surface area contributed by atoms with E-state index in [4.69, 9.17) is 0 Å². The molecule has 0 atom stereocenters. The maximum absolute atomic E-state index is 12.5.